The molecule has 0 spiro atoms. The Morgan fingerprint density at radius 2 is 1.50 bits per heavy atom. The first kappa shape index (κ1) is 36.7. The van der Waals surface area contributed by atoms with E-state index in [4.69, 9.17) is 0 Å². The fourth-order valence-electron chi connectivity index (χ4n) is 4.06. The largest absolute Gasteiger partial charge is 0.106 e. The van der Waals surface area contributed by atoms with Gasteiger partial charge in [-0.15, -0.1) is 19.7 Å². The summed E-state index contributed by atoms with van der Waals surface area (Å²) in [6, 6.07) is 0. The molecule has 0 N–H and O–H groups in total. The smallest absolute Gasteiger partial charge is 0.0159 e. The van der Waals surface area contributed by atoms with Crippen LogP contribution < -0.4 is 0 Å². The van der Waals surface area contributed by atoms with Crippen LogP contribution >= 0.6 is 0 Å². The molecule has 196 valence electrons. The standard InChI is InChI=1S/C19H30.C7H14.C6H12.C2H4/c1-7-12-15-17(10-4)16(6)19(11-5)18(13-8-2)14-9-3;1-6(2)5-7(3)4;1-2-6-4-3-5-6;1-2/h7,10-12,15,18H,4,6,8-9,13-14H2,1-3,5H3;7H,1,5H2,2-4H3;6H,2-5H2,1H3;1-2H2/b12-7-,17-15-,19-11+;;;. The molecule has 0 aliphatic heterocycles. The van der Waals surface area contributed by atoms with Crippen LogP contribution in [0.3, 0.4) is 0 Å². The molecular weight excluding hydrogens is 408 g/mol. The van der Waals surface area contributed by atoms with Crippen LogP contribution in [0.1, 0.15) is 113 Å². The van der Waals surface area contributed by atoms with E-state index in [-0.39, 0.29) is 0 Å². The van der Waals surface area contributed by atoms with Gasteiger partial charge in [0.15, 0.2) is 0 Å². The van der Waals surface area contributed by atoms with E-state index in [1.165, 1.54) is 68.9 Å². The maximum atomic E-state index is 4.29. The Morgan fingerprint density at radius 3 is 1.71 bits per heavy atom. The minimum atomic E-state index is 0.626. The lowest BCUT2D eigenvalue weighted by Gasteiger charge is -2.22. The molecule has 1 aliphatic rings. The lowest BCUT2D eigenvalue weighted by molar-refractivity contribution is 0.307. The first-order valence-electron chi connectivity index (χ1n) is 13.7. The molecular formula is C34H60. The van der Waals surface area contributed by atoms with Gasteiger partial charge in [0.1, 0.15) is 0 Å². The summed E-state index contributed by atoms with van der Waals surface area (Å²) in [5.74, 6) is 2.52. The molecule has 0 aromatic heterocycles. The molecule has 0 heteroatoms. The third kappa shape index (κ3) is 19.6. The predicted molar refractivity (Wildman–Crippen MR) is 162 cm³/mol. The minimum Gasteiger partial charge on any atom is -0.106 e. The third-order valence-electron chi connectivity index (χ3n) is 5.97. The Kier molecular flexibility index (Phi) is 27.9. The molecule has 0 unspecified atom stereocenters. The van der Waals surface area contributed by atoms with Crippen molar-refractivity contribution in [1.82, 2.24) is 0 Å². The maximum absolute atomic E-state index is 4.29. The summed E-state index contributed by atoms with van der Waals surface area (Å²) in [5, 5.41) is 0. The zero-order valence-electron chi connectivity index (χ0n) is 24.5. The lowest BCUT2D eigenvalue weighted by atomic mass is 9.83. The zero-order chi connectivity index (χ0) is 26.9. The number of rotatable bonds is 12. The highest BCUT2D eigenvalue weighted by atomic mass is 14.2. The molecule has 0 radical (unpaired) electrons. The van der Waals surface area contributed by atoms with Gasteiger partial charge in [0.2, 0.25) is 0 Å². The van der Waals surface area contributed by atoms with Crippen LogP contribution in [0.2, 0.25) is 0 Å². The van der Waals surface area contributed by atoms with Crippen LogP contribution in [0.15, 0.2) is 85.6 Å². The second-order valence-corrected chi connectivity index (χ2v) is 9.61. The summed E-state index contributed by atoms with van der Waals surface area (Å²) in [4.78, 5) is 0. The SMILES string of the molecule is C=C.C=C(C)CC(C)C.C=C/C(=C/C=C\C)C(=C)/C(=C\C)C(CCC)CCC.CCC1CCC1. The molecule has 0 saturated heterocycles. The molecule has 0 amide bonds. The fraction of sp³-hybridized carbons (Fsp3) is 0.588. The van der Waals surface area contributed by atoms with Gasteiger partial charge in [-0.2, -0.15) is 0 Å². The number of hydrogen-bond acceptors (Lipinski definition) is 0. The van der Waals surface area contributed by atoms with Gasteiger partial charge in [0.25, 0.3) is 0 Å². The molecule has 0 aromatic rings. The molecule has 1 aliphatic carbocycles. The average molecular weight is 469 g/mol. The summed E-state index contributed by atoms with van der Waals surface area (Å²) in [6.07, 6.45) is 22.3. The van der Waals surface area contributed by atoms with Crippen LogP contribution in [0.4, 0.5) is 0 Å². The monoisotopic (exact) mass is 468 g/mol. The summed E-state index contributed by atoms with van der Waals surface area (Å²) in [6.45, 7) is 35.4. The highest BCUT2D eigenvalue weighted by Crippen LogP contribution is 2.31. The van der Waals surface area contributed by atoms with E-state index in [9.17, 15) is 0 Å². The van der Waals surface area contributed by atoms with Crippen molar-refractivity contribution in [3.05, 3.63) is 85.6 Å². The Hall–Kier alpha value is -1.82. The van der Waals surface area contributed by atoms with Gasteiger partial charge >= 0.3 is 0 Å². The Morgan fingerprint density at radius 1 is 0.971 bits per heavy atom. The van der Waals surface area contributed by atoms with E-state index in [1.807, 2.05) is 25.2 Å². The third-order valence-corrected chi connectivity index (χ3v) is 5.97. The van der Waals surface area contributed by atoms with Crippen molar-refractivity contribution in [3.8, 4) is 0 Å². The first-order chi connectivity index (χ1) is 16.2. The quantitative estimate of drug-likeness (QED) is 0.197. The van der Waals surface area contributed by atoms with Gasteiger partial charge in [0, 0.05) is 0 Å². The second-order valence-electron chi connectivity index (χ2n) is 9.61. The van der Waals surface area contributed by atoms with Crippen molar-refractivity contribution < 1.29 is 0 Å². The highest BCUT2D eigenvalue weighted by Gasteiger charge is 2.16. The summed E-state index contributed by atoms with van der Waals surface area (Å²) < 4.78 is 0. The fourth-order valence-corrected chi connectivity index (χ4v) is 4.06. The maximum Gasteiger partial charge on any atom is -0.0159 e. The van der Waals surface area contributed by atoms with Crippen LogP contribution in [0.5, 0.6) is 0 Å². The lowest BCUT2D eigenvalue weighted by Crippen LogP contribution is -2.08. The summed E-state index contributed by atoms with van der Waals surface area (Å²) in [7, 11) is 0. The van der Waals surface area contributed by atoms with E-state index in [0.29, 0.717) is 5.92 Å². The van der Waals surface area contributed by atoms with Crippen molar-refractivity contribution in [2.24, 2.45) is 17.8 Å². The first-order valence-corrected chi connectivity index (χ1v) is 13.7. The van der Waals surface area contributed by atoms with Gasteiger partial charge in [-0.05, 0) is 74.5 Å². The van der Waals surface area contributed by atoms with Crippen LogP contribution in [0, 0.1) is 17.8 Å². The molecule has 1 fully saturated rings. The van der Waals surface area contributed by atoms with Gasteiger partial charge in [0.05, 0.1) is 0 Å². The highest BCUT2D eigenvalue weighted by molar-refractivity contribution is 5.51. The van der Waals surface area contributed by atoms with E-state index >= 15 is 0 Å². The van der Waals surface area contributed by atoms with Gasteiger partial charge in [-0.1, -0.05) is 122 Å². The summed E-state index contributed by atoms with van der Waals surface area (Å²) in [5.41, 5.74) is 4.93. The molecule has 0 nitrogen and oxygen atoms in total. The van der Waals surface area contributed by atoms with E-state index < -0.39 is 0 Å². The Labute approximate surface area is 216 Å². The normalized spacial score (nSPS) is 13.7. The van der Waals surface area contributed by atoms with Crippen LogP contribution in [-0.4, -0.2) is 0 Å². The van der Waals surface area contributed by atoms with Gasteiger partial charge < -0.3 is 0 Å². The van der Waals surface area contributed by atoms with E-state index in [1.54, 1.807) is 0 Å². The van der Waals surface area contributed by atoms with Crippen molar-refractivity contribution >= 4 is 0 Å². The minimum absolute atomic E-state index is 0.626. The van der Waals surface area contributed by atoms with E-state index in [0.717, 1.165) is 23.0 Å². The van der Waals surface area contributed by atoms with Gasteiger partial charge in [-0.3, -0.25) is 0 Å². The molecule has 34 heavy (non-hydrogen) atoms. The summed E-state index contributed by atoms with van der Waals surface area (Å²) >= 11 is 0. The van der Waals surface area contributed by atoms with Crippen LogP contribution in [0.25, 0.3) is 0 Å². The molecule has 0 aromatic carbocycles. The average Bonchev–Trinajstić information content (AvgIpc) is 2.76. The molecule has 0 bridgehead atoms. The zero-order valence-corrected chi connectivity index (χ0v) is 24.5. The molecule has 1 rings (SSSR count). The number of allylic oxidation sites excluding steroid dienone is 9. The second kappa shape index (κ2) is 25.8. The Balaban J connectivity index is -0.000000517. The van der Waals surface area contributed by atoms with Crippen molar-refractivity contribution in [2.45, 2.75) is 113 Å². The van der Waals surface area contributed by atoms with Gasteiger partial charge in [-0.25, -0.2) is 0 Å². The molecule has 0 atom stereocenters. The van der Waals surface area contributed by atoms with Crippen molar-refractivity contribution in [2.75, 3.05) is 0 Å². The number of hydrogen-bond donors (Lipinski definition) is 0. The topological polar surface area (TPSA) is 0 Å². The van der Waals surface area contributed by atoms with Crippen LogP contribution in [-0.2, 0) is 0 Å². The molecule has 1 saturated carbocycles. The van der Waals surface area contributed by atoms with E-state index in [2.05, 4.69) is 93.5 Å². The molecule has 0 heterocycles. The van der Waals surface area contributed by atoms with Crippen molar-refractivity contribution in [3.63, 3.8) is 0 Å². The predicted octanol–water partition coefficient (Wildman–Crippen LogP) is 12.0. The van der Waals surface area contributed by atoms with Crippen molar-refractivity contribution in [1.29, 1.82) is 0 Å². The Bertz CT molecular complexity index is 595.